The minimum Gasteiger partial charge on any atom is -0.370 e. The molecular weight excluding hydrogens is 218 g/mol. The van der Waals surface area contributed by atoms with Gasteiger partial charge in [0.25, 0.3) is 0 Å². The number of nitrogens with two attached hydrogens (primary N) is 1. The van der Waals surface area contributed by atoms with Crippen LogP contribution in [-0.2, 0) is 11.3 Å². The van der Waals surface area contributed by atoms with Crippen LogP contribution in [0.15, 0.2) is 0 Å². The molecule has 0 radical (unpaired) electrons. The van der Waals surface area contributed by atoms with E-state index in [1.165, 1.54) is 0 Å². The number of unbranched alkanes of at least 4 members (excludes halogenated alkanes) is 1. The predicted octanol–water partition coefficient (Wildman–Crippen LogP) is 1.15. The van der Waals surface area contributed by atoms with E-state index in [0.717, 1.165) is 25.2 Å². The highest BCUT2D eigenvalue weighted by atomic mass is 16.5. The highest BCUT2D eigenvalue weighted by molar-refractivity contribution is 4.90. The predicted molar refractivity (Wildman–Crippen MR) is 65.3 cm³/mol. The van der Waals surface area contributed by atoms with Crippen LogP contribution in [0.1, 0.15) is 45.5 Å². The zero-order chi connectivity index (χ0) is 12.7. The van der Waals surface area contributed by atoms with E-state index in [9.17, 15) is 0 Å². The highest BCUT2D eigenvalue weighted by Crippen LogP contribution is 2.23. The fourth-order valence-corrected chi connectivity index (χ4v) is 1.73. The lowest BCUT2D eigenvalue weighted by Crippen LogP contribution is -2.18. The Balaban J connectivity index is 2.70. The second-order valence-electron chi connectivity index (χ2n) is 4.38. The van der Waals surface area contributed by atoms with E-state index in [1.807, 2.05) is 11.6 Å². The quantitative estimate of drug-likeness (QED) is 0.691. The summed E-state index contributed by atoms with van der Waals surface area (Å²) >= 11 is 0. The number of ether oxygens (including phenoxy) is 1. The highest BCUT2D eigenvalue weighted by Gasteiger charge is 2.22. The van der Waals surface area contributed by atoms with Gasteiger partial charge in [0.1, 0.15) is 6.10 Å². The Kier molecular flexibility index (Phi) is 6.07. The van der Waals surface area contributed by atoms with Gasteiger partial charge in [-0.05, 0) is 42.7 Å². The molecule has 1 rings (SSSR count). The lowest BCUT2D eigenvalue weighted by atomic mass is 10.1. The van der Waals surface area contributed by atoms with Crippen LogP contribution in [-0.4, -0.2) is 33.4 Å². The monoisotopic (exact) mass is 241 g/mol. The summed E-state index contributed by atoms with van der Waals surface area (Å²) in [5, 5.41) is 11.8. The molecule has 6 nitrogen and oxygen atoms in total. The smallest absolute Gasteiger partial charge is 0.180 e. The third-order valence-electron chi connectivity index (χ3n) is 2.59. The maximum atomic E-state index is 5.71. The third-order valence-corrected chi connectivity index (χ3v) is 2.59. The molecule has 17 heavy (non-hydrogen) atoms. The summed E-state index contributed by atoms with van der Waals surface area (Å²) in [5.74, 6) is 1.17. The summed E-state index contributed by atoms with van der Waals surface area (Å²) in [5.41, 5.74) is 5.48. The molecule has 1 atom stereocenters. The van der Waals surface area contributed by atoms with Gasteiger partial charge in [-0.2, -0.15) is 0 Å². The Bertz CT molecular complexity index is 313. The Morgan fingerprint density at radius 3 is 2.71 bits per heavy atom. The topological polar surface area (TPSA) is 78.9 Å². The number of rotatable bonds is 8. The molecule has 0 aliphatic heterocycles. The normalized spacial score (nSPS) is 13.2. The van der Waals surface area contributed by atoms with Gasteiger partial charge in [-0.3, -0.25) is 0 Å². The van der Waals surface area contributed by atoms with Gasteiger partial charge in [0, 0.05) is 13.2 Å². The Labute approximate surface area is 103 Å². The summed E-state index contributed by atoms with van der Waals surface area (Å²) in [7, 11) is 0. The molecule has 2 N–H and O–H groups in total. The maximum Gasteiger partial charge on any atom is 0.180 e. The summed E-state index contributed by atoms with van der Waals surface area (Å²) in [4.78, 5) is 0. The molecule has 0 aliphatic carbocycles. The second kappa shape index (κ2) is 7.34. The number of tetrazole rings is 1. The Hall–Kier alpha value is -1.01. The van der Waals surface area contributed by atoms with Gasteiger partial charge < -0.3 is 10.5 Å². The van der Waals surface area contributed by atoms with Gasteiger partial charge in [-0.1, -0.05) is 13.8 Å². The van der Waals surface area contributed by atoms with Crippen molar-refractivity contribution >= 4 is 0 Å². The van der Waals surface area contributed by atoms with Crippen molar-refractivity contribution in [3.8, 4) is 0 Å². The van der Waals surface area contributed by atoms with Crippen LogP contribution in [0.25, 0.3) is 0 Å². The summed E-state index contributed by atoms with van der Waals surface area (Å²) in [6.45, 7) is 8.38. The van der Waals surface area contributed by atoms with Crippen molar-refractivity contribution in [3.05, 3.63) is 5.82 Å². The summed E-state index contributed by atoms with van der Waals surface area (Å²) in [6, 6.07) is 0. The van der Waals surface area contributed by atoms with E-state index in [2.05, 4.69) is 29.4 Å². The number of nitrogens with zero attached hydrogens (tertiary/aromatic N) is 4. The first kappa shape index (κ1) is 14.1. The molecule has 6 heteroatoms. The van der Waals surface area contributed by atoms with Gasteiger partial charge >= 0.3 is 0 Å². The lowest BCUT2D eigenvalue weighted by molar-refractivity contribution is 0.0198. The second-order valence-corrected chi connectivity index (χ2v) is 4.38. The first-order valence-electron chi connectivity index (χ1n) is 6.28. The van der Waals surface area contributed by atoms with E-state index < -0.39 is 0 Å². The van der Waals surface area contributed by atoms with Gasteiger partial charge in [0.05, 0.1) is 0 Å². The van der Waals surface area contributed by atoms with Crippen LogP contribution in [0.5, 0.6) is 0 Å². The number of hydrogen-bond acceptors (Lipinski definition) is 5. The molecule has 0 saturated heterocycles. The molecule has 0 bridgehead atoms. The minimum atomic E-state index is -0.0344. The van der Waals surface area contributed by atoms with Crippen molar-refractivity contribution in [3.63, 3.8) is 0 Å². The fourth-order valence-electron chi connectivity index (χ4n) is 1.73. The molecular formula is C11H23N5O. The molecule has 0 fully saturated rings. The molecule has 98 valence electrons. The van der Waals surface area contributed by atoms with Gasteiger partial charge in [-0.15, -0.1) is 5.10 Å². The molecule has 0 spiro atoms. The Morgan fingerprint density at radius 1 is 1.35 bits per heavy atom. The van der Waals surface area contributed by atoms with Gasteiger partial charge in [0.2, 0.25) is 0 Å². The van der Waals surface area contributed by atoms with Crippen molar-refractivity contribution in [2.45, 2.75) is 46.3 Å². The molecule has 1 aromatic heterocycles. The van der Waals surface area contributed by atoms with Crippen molar-refractivity contribution < 1.29 is 4.74 Å². The van der Waals surface area contributed by atoms with Crippen molar-refractivity contribution in [2.75, 3.05) is 13.2 Å². The first-order valence-corrected chi connectivity index (χ1v) is 6.28. The summed E-state index contributed by atoms with van der Waals surface area (Å²) < 4.78 is 7.54. The Morgan fingerprint density at radius 2 is 2.12 bits per heavy atom. The van der Waals surface area contributed by atoms with E-state index >= 15 is 0 Å². The average Bonchev–Trinajstić information content (AvgIpc) is 2.74. The first-order chi connectivity index (χ1) is 8.20. The number of aromatic nitrogens is 4. The van der Waals surface area contributed by atoms with Crippen LogP contribution in [0.2, 0.25) is 0 Å². The third kappa shape index (κ3) is 4.05. The molecule has 0 aliphatic rings. The van der Waals surface area contributed by atoms with E-state index in [0.29, 0.717) is 19.1 Å². The molecule has 0 saturated carbocycles. The lowest BCUT2D eigenvalue weighted by Gasteiger charge is -2.19. The standard InChI is InChI=1S/C11H23N5O/c1-4-17-10(9(2)3)11-13-14-15-16(11)8-6-5-7-12/h9-10H,4-8,12H2,1-3H3. The van der Waals surface area contributed by atoms with Crippen molar-refractivity contribution in [1.82, 2.24) is 20.2 Å². The summed E-state index contributed by atoms with van der Waals surface area (Å²) in [6.07, 6.45) is 1.94. The molecule has 1 aromatic rings. The van der Waals surface area contributed by atoms with Crippen molar-refractivity contribution in [1.29, 1.82) is 0 Å². The van der Waals surface area contributed by atoms with Crippen molar-refractivity contribution in [2.24, 2.45) is 11.7 Å². The SMILES string of the molecule is CCOC(c1nnnn1CCCCN)C(C)C. The maximum absolute atomic E-state index is 5.71. The number of aryl methyl sites for hydroxylation is 1. The molecule has 1 heterocycles. The van der Waals surface area contributed by atoms with Crippen LogP contribution in [0, 0.1) is 5.92 Å². The van der Waals surface area contributed by atoms with Gasteiger partial charge in [0.15, 0.2) is 5.82 Å². The van der Waals surface area contributed by atoms with Crippen LogP contribution >= 0.6 is 0 Å². The zero-order valence-corrected chi connectivity index (χ0v) is 11.0. The molecule has 0 aromatic carbocycles. The molecule has 1 unspecified atom stereocenters. The van der Waals surface area contributed by atoms with Crippen LogP contribution in [0.4, 0.5) is 0 Å². The van der Waals surface area contributed by atoms with E-state index in [4.69, 9.17) is 10.5 Å². The molecule has 0 amide bonds. The van der Waals surface area contributed by atoms with Crippen LogP contribution in [0.3, 0.4) is 0 Å². The van der Waals surface area contributed by atoms with Crippen LogP contribution < -0.4 is 5.73 Å². The van der Waals surface area contributed by atoms with E-state index in [1.54, 1.807) is 0 Å². The van der Waals surface area contributed by atoms with E-state index in [-0.39, 0.29) is 6.10 Å². The largest absolute Gasteiger partial charge is 0.370 e. The zero-order valence-electron chi connectivity index (χ0n) is 11.0. The number of hydrogen-bond donors (Lipinski definition) is 1. The minimum absolute atomic E-state index is 0.0344. The van der Waals surface area contributed by atoms with Gasteiger partial charge in [-0.25, -0.2) is 4.68 Å². The average molecular weight is 241 g/mol. The fraction of sp³-hybridized carbons (Fsp3) is 0.909.